The van der Waals surface area contributed by atoms with Gasteiger partial charge in [0.25, 0.3) is 0 Å². The second-order valence-electron chi connectivity index (χ2n) is 5.66. The third-order valence-corrected chi connectivity index (χ3v) is 3.82. The molecule has 0 aromatic heterocycles. The number of aliphatic hydroxyl groups excluding tert-OH is 1. The van der Waals surface area contributed by atoms with Gasteiger partial charge in [0.05, 0.1) is 17.2 Å². The molecular formula is C19H18O6. The molecule has 0 unspecified atom stereocenters. The van der Waals surface area contributed by atoms with Crippen LogP contribution in [-0.2, 0) is 14.2 Å². The fourth-order valence-corrected chi connectivity index (χ4v) is 2.54. The fourth-order valence-electron chi connectivity index (χ4n) is 2.54. The largest absolute Gasteiger partial charge is 0.459 e. The van der Waals surface area contributed by atoms with Crippen LogP contribution in [0.1, 0.15) is 27.1 Å². The van der Waals surface area contributed by atoms with Crippen molar-refractivity contribution < 1.29 is 28.9 Å². The highest BCUT2D eigenvalue weighted by Crippen LogP contribution is 2.23. The smallest absolute Gasteiger partial charge is 0.338 e. The lowest BCUT2D eigenvalue weighted by Crippen LogP contribution is -2.26. The van der Waals surface area contributed by atoms with Crippen LogP contribution >= 0.6 is 0 Å². The Labute approximate surface area is 144 Å². The zero-order valence-corrected chi connectivity index (χ0v) is 13.4. The van der Waals surface area contributed by atoms with Crippen molar-refractivity contribution in [1.82, 2.24) is 0 Å². The average molecular weight is 342 g/mol. The number of ether oxygens (including phenoxy) is 3. The van der Waals surface area contributed by atoms with E-state index in [-0.39, 0.29) is 13.0 Å². The van der Waals surface area contributed by atoms with E-state index in [0.29, 0.717) is 11.1 Å². The predicted octanol–water partition coefficient (Wildman–Crippen LogP) is 2.18. The normalized spacial score (nSPS) is 22.4. The minimum absolute atomic E-state index is 0.0236. The SMILES string of the molecule is O=C(OC[C@@H]1C[C@@H](OC(=O)c2ccccc2)[C@@H](O)O1)c1ccccc1. The Kier molecular flexibility index (Phi) is 5.42. The van der Waals surface area contributed by atoms with Gasteiger partial charge in [0.1, 0.15) is 6.61 Å². The van der Waals surface area contributed by atoms with Gasteiger partial charge in [0.2, 0.25) is 0 Å². The highest BCUT2D eigenvalue weighted by atomic mass is 16.7. The second kappa shape index (κ2) is 7.92. The highest BCUT2D eigenvalue weighted by molar-refractivity contribution is 5.89. The van der Waals surface area contributed by atoms with Crippen molar-refractivity contribution in [2.45, 2.75) is 24.9 Å². The summed E-state index contributed by atoms with van der Waals surface area (Å²) in [5.74, 6) is -1.00. The first-order chi connectivity index (χ1) is 12.1. The van der Waals surface area contributed by atoms with Gasteiger partial charge in [0.15, 0.2) is 12.4 Å². The maximum Gasteiger partial charge on any atom is 0.338 e. The standard InChI is InChI=1S/C19H18O6/c20-17(13-7-3-1-4-8-13)23-12-15-11-16(19(22)24-15)25-18(21)14-9-5-2-6-10-14/h1-10,15-16,19,22H,11-12H2/t15-,16+,19-/m0/s1. The van der Waals surface area contributed by atoms with Gasteiger partial charge in [-0.25, -0.2) is 9.59 Å². The van der Waals surface area contributed by atoms with Crippen molar-refractivity contribution in [3.8, 4) is 0 Å². The maximum absolute atomic E-state index is 12.0. The van der Waals surface area contributed by atoms with Crippen LogP contribution < -0.4 is 0 Å². The van der Waals surface area contributed by atoms with E-state index in [1.54, 1.807) is 60.7 Å². The van der Waals surface area contributed by atoms with Crippen LogP contribution in [0, 0.1) is 0 Å². The van der Waals surface area contributed by atoms with Gasteiger partial charge in [-0.2, -0.15) is 0 Å². The van der Waals surface area contributed by atoms with E-state index < -0.39 is 30.4 Å². The Morgan fingerprint density at radius 3 is 2.12 bits per heavy atom. The monoisotopic (exact) mass is 342 g/mol. The zero-order chi connectivity index (χ0) is 17.6. The van der Waals surface area contributed by atoms with Crippen LogP contribution in [0.5, 0.6) is 0 Å². The maximum atomic E-state index is 12.0. The minimum atomic E-state index is -1.24. The number of carbonyl (C=O) groups excluding carboxylic acids is 2. The second-order valence-corrected chi connectivity index (χ2v) is 5.66. The quantitative estimate of drug-likeness (QED) is 0.839. The molecular weight excluding hydrogens is 324 g/mol. The van der Waals surface area contributed by atoms with E-state index in [9.17, 15) is 14.7 Å². The van der Waals surface area contributed by atoms with Gasteiger partial charge >= 0.3 is 11.9 Å². The average Bonchev–Trinajstić information content (AvgIpc) is 3.00. The summed E-state index contributed by atoms with van der Waals surface area (Å²) in [7, 11) is 0. The summed E-state index contributed by atoms with van der Waals surface area (Å²) in [5.41, 5.74) is 0.835. The van der Waals surface area contributed by atoms with E-state index in [2.05, 4.69) is 0 Å². The van der Waals surface area contributed by atoms with Crippen LogP contribution in [0.3, 0.4) is 0 Å². The minimum Gasteiger partial charge on any atom is -0.459 e. The Morgan fingerprint density at radius 2 is 1.52 bits per heavy atom. The Morgan fingerprint density at radius 1 is 0.960 bits per heavy atom. The molecule has 130 valence electrons. The number of aliphatic hydroxyl groups is 1. The van der Waals surface area contributed by atoms with Crippen molar-refractivity contribution in [2.24, 2.45) is 0 Å². The van der Waals surface area contributed by atoms with Gasteiger partial charge in [-0.15, -0.1) is 0 Å². The third kappa shape index (κ3) is 4.43. The molecule has 3 rings (SSSR count). The highest BCUT2D eigenvalue weighted by Gasteiger charge is 2.37. The summed E-state index contributed by atoms with van der Waals surface area (Å²) in [4.78, 5) is 23.9. The molecule has 0 spiro atoms. The number of hydrogen-bond donors (Lipinski definition) is 1. The van der Waals surface area contributed by atoms with Crippen molar-refractivity contribution in [3.05, 3.63) is 71.8 Å². The van der Waals surface area contributed by atoms with Crippen LogP contribution in [0.2, 0.25) is 0 Å². The first kappa shape index (κ1) is 17.1. The molecule has 1 aliphatic heterocycles. The number of carbonyl (C=O) groups is 2. The predicted molar refractivity (Wildman–Crippen MR) is 87.9 cm³/mol. The van der Waals surface area contributed by atoms with Crippen LogP contribution in [-0.4, -0.2) is 42.1 Å². The number of hydrogen-bond acceptors (Lipinski definition) is 6. The molecule has 0 amide bonds. The zero-order valence-electron chi connectivity index (χ0n) is 13.4. The summed E-state index contributed by atoms with van der Waals surface area (Å²) in [6, 6.07) is 17.1. The molecule has 1 aliphatic rings. The van der Waals surface area contributed by atoms with E-state index >= 15 is 0 Å². The number of rotatable bonds is 5. The topological polar surface area (TPSA) is 82.1 Å². The van der Waals surface area contributed by atoms with Gasteiger partial charge in [-0.3, -0.25) is 0 Å². The van der Waals surface area contributed by atoms with Crippen LogP contribution in [0.15, 0.2) is 60.7 Å². The molecule has 0 aliphatic carbocycles. The Bertz CT molecular complexity index is 715. The third-order valence-electron chi connectivity index (χ3n) is 3.82. The van der Waals surface area contributed by atoms with Crippen molar-refractivity contribution in [3.63, 3.8) is 0 Å². The molecule has 1 saturated heterocycles. The lowest BCUT2D eigenvalue weighted by molar-refractivity contribution is -0.135. The van der Waals surface area contributed by atoms with E-state index in [1.807, 2.05) is 0 Å². The van der Waals surface area contributed by atoms with E-state index in [1.165, 1.54) is 0 Å². The molecule has 0 bridgehead atoms. The molecule has 2 aromatic rings. The summed E-state index contributed by atoms with van der Waals surface area (Å²) in [5, 5.41) is 9.90. The molecule has 0 saturated carbocycles. The number of esters is 2. The Balaban J connectivity index is 1.50. The summed E-state index contributed by atoms with van der Waals surface area (Å²) in [6.07, 6.45) is -2.32. The molecule has 0 radical (unpaired) electrons. The molecule has 3 atom stereocenters. The van der Waals surface area contributed by atoms with Gasteiger partial charge in [0, 0.05) is 6.42 Å². The molecule has 6 heteroatoms. The molecule has 6 nitrogen and oxygen atoms in total. The lowest BCUT2D eigenvalue weighted by Gasteiger charge is -2.13. The van der Waals surface area contributed by atoms with Crippen LogP contribution in [0.4, 0.5) is 0 Å². The fraction of sp³-hybridized carbons (Fsp3) is 0.263. The number of benzene rings is 2. The summed E-state index contributed by atoms with van der Waals surface area (Å²) < 4.78 is 15.8. The summed E-state index contributed by atoms with van der Waals surface area (Å²) in [6.45, 7) is -0.0236. The van der Waals surface area contributed by atoms with E-state index in [0.717, 1.165) is 0 Å². The van der Waals surface area contributed by atoms with Gasteiger partial charge < -0.3 is 19.3 Å². The van der Waals surface area contributed by atoms with Crippen molar-refractivity contribution in [1.29, 1.82) is 0 Å². The molecule has 1 fully saturated rings. The first-order valence-corrected chi connectivity index (χ1v) is 7.95. The van der Waals surface area contributed by atoms with Gasteiger partial charge in [-0.05, 0) is 24.3 Å². The van der Waals surface area contributed by atoms with Gasteiger partial charge in [-0.1, -0.05) is 36.4 Å². The molecule has 25 heavy (non-hydrogen) atoms. The molecule has 1 heterocycles. The molecule has 2 aromatic carbocycles. The lowest BCUT2D eigenvalue weighted by atomic mass is 10.2. The van der Waals surface area contributed by atoms with E-state index in [4.69, 9.17) is 14.2 Å². The Hall–Kier alpha value is -2.70. The summed E-state index contributed by atoms with van der Waals surface area (Å²) >= 11 is 0. The molecule has 1 N–H and O–H groups in total. The first-order valence-electron chi connectivity index (χ1n) is 7.95. The van der Waals surface area contributed by atoms with Crippen LogP contribution in [0.25, 0.3) is 0 Å². The van der Waals surface area contributed by atoms with Crippen molar-refractivity contribution >= 4 is 11.9 Å². The van der Waals surface area contributed by atoms with Crippen molar-refractivity contribution in [2.75, 3.05) is 6.61 Å².